The molecule has 0 aromatic carbocycles. The molecule has 64 valence electrons. The topological polar surface area (TPSA) is 36.7 Å². The molecule has 0 aliphatic rings. The first kappa shape index (κ1) is 8.42. The number of thiazole rings is 1. The summed E-state index contributed by atoms with van der Waals surface area (Å²) in [4.78, 5) is 6.11. The Morgan fingerprint density at radius 1 is 1.54 bits per heavy atom. The fraction of sp³-hybridized carbons (Fsp3) is 0.111. The summed E-state index contributed by atoms with van der Waals surface area (Å²) in [7, 11) is 0. The maximum absolute atomic E-state index is 8.86. The van der Waals surface area contributed by atoms with Gasteiger partial charge in [-0.1, -0.05) is 6.07 Å². The summed E-state index contributed by atoms with van der Waals surface area (Å²) < 4.78 is 0. The Bertz CT molecular complexity index is 448. The van der Waals surface area contributed by atoms with Crippen LogP contribution in [0.1, 0.15) is 9.88 Å². The van der Waals surface area contributed by atoms with Gasteiger partial charge in [0, 0.05) is 0 Å². The first-order valence-electron chi connectivity index (χ1n) is 3.72. The number of rotatable bonds is 1. The highest BCUT2D eigenvalue weighted by Gasteiger charge is 2.10. The third kappa shape index (κ3) is 1.48. The van der Waals surface area contributed by atoms with Gasteiger partial charge in [-0.2, -0.15) is 5.26 Å². The van der Waals surface area contributed by atoms with Gasteiger partial charge in [0.15, 0.2) is 0 Å². The number of thiophene rings is 1. The van der Waals surface area contributed by atoms with E-state index in [1.165, 1.54) is 11.3 Å². The van der Waals surface area contributed by atoms with E-state index in [0.717, 1.165) is 15.6 Å². The van der Waals surface area contributed by atoms with Crippen LogP contribution in [0.4, 0.5) is 0 Å². The van der Waals surface area contributed by atoms with Gasteiger partial charge < -0.3 is 0 Å². The minimum atomic E-state index is 0.708. The van der Waals surface area contributed by atoms with Crippen molar-refractivity contribution >= 4 is 22.7 Å². The molecule has 0 radical (unpaired) electrons. The zero-order chi connectivity index (χ0) is 9.26. The van der Waals surface area contributed by atoms with E-state index in [1.54, 1.807) is 11.3 Å². The molecule has 0 aliphatic carbocycles. The predicted octanol–water partition coefficient (Wildman–Crippen LogP) is 3.05. The smallest absolute Gasteiger partial charge is 0.133 e. The van der Waals surface area contributed by atoms with E-state index in [9.17, 15) is 0 Å². The second kappa shape index (κ2) is 3.29. The number of nitrogens with zero attached hydrogens (tertiary/aromatic N) is 2. The van der Waals surface area contributed by atoms with Crippen LogP contribution in [0.5, 0.6) is 0 Å². The van der Waals surface area contributed by atoms with Crippen molar-refractivity contribution in [2.75, 3.05) is 0 Å². The van der Waals surface area contributed by atoms with Crippen LogP contribution in [-0.4, -0.2) is 4.98 Å². The molecule has 0 N–H and O–H groups in total. The van der Waals surface area contributed by atoms with Crippen LogP contribution in [0.2, 0.25) is 0 Å². The quantitative estimate of drug-likeness (QED) is 0.719. The Labute approximate surface area is 84.1 Å². The summed E-state index contributed by atoms with van der Waals surface area (Å²) in [5.41, 5.74) is 0.833. The first-order chi connectivity index (χ1) is 6.31. The fourth-order valence-corrected chi connectivity index (χ4v) is 2.60. The molecule has 4 heteroatoms. The van der Waals surface area contributed by atoms with Gasteiger partial charge in [-0.15, -0.1) is 22.7 Å². The third-order valence-corrected chi connectivity index (χ3v) is 3.34. The van der Waals surface area contributed by atoms with Gasteiger partial charge in [0.25, 0.3) is 0 Å². The molecule has 2 aromatic heterocycles. The average Bonchev–Trinajstić information content (AvgIpc) is 2.71. The minimum absolute atomic E-state index is 0.708. The lowest BCUT2D eigenvalue weighted by Gasteiger charge is -1.88. The summed E-state index contributed by atoms with van der Waals surface area (Å²) >= 11 is 3.06. The minimum Gasteiger partial charge on any atom is -0.239 e. The molecule has 0 unspecified atom stereocenters. The monoisotopic (exact) mass is 206 g/mol. The highest BCUT2D eigenvalue weighted by Crippen LogP contribution is 2.30. The van der Waals surface area contributed by atoms with Gasteiger partial charge in [0.2, 0.25) is 0 Å². The lowest BCUT2D eigenvalue weighted by Crippen LogP contribution is -1.75. The standard InChI is InChI=1S/C9H6N2S2/c1-6-11-9(8(5-10)13-6)7-3-2-4-12-7/h2-4H,1H3. The fourth-order valence-electron chi connectivity index (χ4n) is 1.08. The van der Waals surface area contributed by atoms with Gasteiger partial charge >= 0.3 is 0 Å². The van der Waals surface area contributed by atoms with E-state index in [0.29, 0.717) is 4.88 Å². The lowest BCUT2D eigenvalue weighted by atomic mass is 10.3. The van der Waals surface area contributed by atoms with Crippen molar-refractivity contribution < 1.29 is 0 Å². The van der Waals surface area contributed by atoms with Gasteiger partial charge in [0.1, 0.15) is 16.6 Å². The average molecular weight is 206 g/mol. The largest absolute Gasteiger partial charge is 0.239 e. The molecular weight excluding hydrogens is 200 g/mol. The van der Waals surface area contributed by atoms with Gasteiger partial charge in [-0.05, 0) is 18.4 Å². The molecule has 2 aromatic rings. The van der Waals surface area contributed by atoms with E-state index >= 15 is 0 Å². The van der Waals surface area contributed by atoms with Gasteiger partial charge in [-0.3, -0.25) is 0 Å². The maximum Gasteiger partial charge on any atom is 0.133 e. The van der Waals surface area contributed by atoms with E-state index in [1.807, 2.05) is 24.4 Å². The number of aryl methyl sites for hydroxylation is 1. The predicted molar refractivity (Wildman–Crippen MR) is 54.9 cm³/mol. The third-order valence-electron chi connectivity index (χ3n) is 1.59. The molecule has 2 rings (SSSR count). The van der Waals surface area contributed by atoms with Crippen molar-refractivity contribution in [3.8, 4) is 16.6 Å². The molecule has 0 aliphatic heterocycles. The Hall–Kier alpha value is -1.18. The molecule has 2 heterocycles. The number of aromatic nitrogens is 1. The molecule has 0 amide bonds. The second-order valence-corrected chi connectivity index (χ2v) is 4.65. The molecule has 0 atom stereocenters. The van der Waals surface area contributed by atoms with Gasteiger partial charge in [0.05, 0.1) is 9.88 Å². The van der Waals surface area contributed by atoms with Crippen LogP contribution < -0.4 is 0 Å². The lowest BCUT2D eigenvalue weighted by molar-refractivity contribution is 1.30. The molecule has 0 fully saturated rings. The molecule has 0 saturated heterocycles. The van der Waals surface area contributed by atoms with E-state index < -0.39 is 0 Å². The van der Waals surface area contributed by atoms with Crippen molar-refractivity contribution in [1.29, 1.82) is 5.26 Å². The first-order valence-corrected chi connectivity index (χ1v) is 5.42. The summed E-state index contributed by atoms with van der Waals surface area (Å²) in [5.74, 6) is 0. The van der Waals surface area contributed by atoms with Crippen molar-refractivity contribution in [1.82, 2.24) is 4.98 Å². The molecule has 0 bridgehead atoms. The van der Waals surface area contributed by atoms with Gasteiger partial charge in [-0.25, -0.2) is 4.98 Å². The zero-order valence-electron chi connectivity index (χ0n) is 6.94. The highest BCUT2D eigenvalue weighted by molar-refractivity contribution is 7.15. The maximum atomic E-state index is 8.86. The Kier molecular flexibility index (Phi) is 2.13. The summed E-state index contributed by atoms with van der Waals surface area (Å²) in [6.45, 7) is 1.92. The van der Waals surface area contributed by atoms with E-state index in [-0.39, 0.29) is 0 Å². The molecule has 0 saturated carbocycles. The van der Waals surface area contributed by atoms with Crippen molar-refractivity contribution in [2.24, 2.45) is 0 Å². The molecule has 2 nitrogen and oxygen atoms in total. The van der Waals surface area contributed by atoms with Crippen LogP contribution in [0, 0.1) is 18.3 Å². The number of nitriles is 1. The SMILES string of the molecule is Cc1nc(-c2cccs2)c(C#N)s1. The van der Waals surface area contributed by atoms with Crippen molar-refractivity contribution in [3.05, 3.63) is 27.4 Å². The van der Waals surface area contributed by atoms with Crippen LogP contribution in [0.25, 0.3) is 10.6 Å². The van der Waals surface area contributed by atoms with Crippen molar-refractivity contribution in [2.45, 2.75) is 6.92 Å². The van der Waals surface area contributed by atoms with Crippen LogP contribution in [0.15, 0.2) is 17.5 Å². The van der Waals surface area contributed by atoms with Crippen LogP contribution >= 0.6 is 22.7 Å². The Morgan fingerprint density at radius 3 is 3.00 bits per heavy atom. The summed E-state index contributed by atoms with van der Waals surface area (Å²) in [6, 6.07) is 6.12. The van der Waals surface area contributed by atoms with E-state index in [2.05, 4.69) is 11.1 Å². The summed E-state index contributed by atoms with van der Waals surface area (Å²) in [5, 5.41) is 11.8. The highest BCUT2D eigenvalue weighted by atomic mass is 32.1. The Balaban J connectivity index is 2.59. The zero-order valence-corrected chi connectivity index (χ0v) is 8.58. The Morgan fingerprint density at radius 2 is 2.38 bits per heavy atom. The van der Waals surface area contributed by atoms with Crippen molar-refractivity contribution in [3.63, 3.8) is 0 Å². The van der Waals surface area contributed by atoms with E-state index in [4.69, 9.17) is 5.26 Å². The molecular formula is C9H6N2S2. The molecule has 13 heavy (non-hydrogen) atoms. The number of hydrogen-bond acceptors (Lipinski definition) is 4. The molecule has 0 spiro atoms. The normalized spacial score (nSPS) is 9.85. The van der Waals surface area contributed by atoms with Crippen LogP contribution in [-0.2, 0) is 0 Å². The number of hydrogen-bond donors (Lipinski definition) is 0. The second-order valence-electron chi connectivity index (χ2n) is 2.50. The summed E-state index contributed by atoms with van der Waals surface area (Å²) in [6.07, 6.45) is 0. The van der Waals surface area contributed by atoms with Crippen LogP contribution in [0.3, 0.4) is 0 Å².